The lowest BCUT2D eigenvalue weighted by atomic mass is 9.85. The standard InChI is InChI=1S/C14H18F2O/c1-2-7-14(17,11-4-5-11)9-10-3-6-12(15)13(16)8-10/h3,6,8,11,17H,2,4-5,7,9H2,1H3. The third-order valence-electron chi connectivity index (χ3n) is 3.51. The lowest BCUT2D eigenvalue weighted by Gasteiger charge is -2.28. The van der Waals surface area contributed by atoms with Gasteiger partial charge in [-0.15, -0.1) is 0 Å². The van der Waals surface area contributed by atoms with Crippen molar-refractivity contribution in [3.63, 3.8) is 0 Å². The zero-order chi connectivity index (χ0) is 12.5. The van der Waals surface area contributed by atoms with Gasteiger partial charge in [0.1, 0.15) is 0 Å². The number of benzene rings is 1. The first-order valence-corrected chi connectivity index (χ1v) is 6.21. The highest BCUT2D eigenvalue weighted by Crippen LogP contribution is 2.43. The molecule has 0 spiro atoms. The smallest absolute Gasteiger partial charge is 0.159 e. The summed E-state index contributed by atoms with van der Waals surface area (Å²) >= 11 is 0. The van der Waals surface area contributed by atoms with Gasteiger partial charge in [-0.05, 0) is 42.9 Å². The molecule has 94 valence electrons. The zero-order valence-electron chi connectivity index (χ0n) is 10.0. The van der Waals surface area contributed by atoms with E-state index in [1.807, 2.05) is 6.92 Å². The van der Waals surface area contributed by atoms with Crippen LogP contribution >= 0.6 is 0 Å². The first kappa shape index (κ1) is 12.5. The highest BCUT2D eigenvalue weighted by atomic mass is 19.2. The van der Waals surface area contributed by atoms with Crippen LogP contribution in [0, 0.1) is 17.6 Å². The Hall–Kier alpha value is -0.960. The topological polar surface area (TPSA) is 20.2 Å². The second-order valence-corrected chi connectivity index (χ2v) is 5.05. The van der Waals surface area contributed by atoms with Gasteiger partial charge in [0.25, 0.3) is 0 Å². The molecule has 2 rings (SSSR count). The average molecular weight is 240 g/mol. The van der Waals surface area contributed by atoms with Gasteiger partial charge in [0.15, 0.2) is 11.6 Å². The van der Waals surface area contributed by atoms with Gasteiger partial charge >= 0.3 is 0 Å². The molecular weight excluding hydrogens is 222 g/mol. The van der Waals surface area contributed by atoms with Crippen molar-refractivity contribution in [1.82, 2.24) is 0 Å². The van der Waals surface area contributed by atoms with Crippen LogP contribution in [-0.4, -0.2) is 10.7 Å². The van der Waals surface area contributed by atoms with Crippen molar-refractivity contribution in [3.05, 3.63) is 35.4 Å². The predicted molar refractivity (Wildman–Crippen MR) is 62.6 cm³/mol. The van der Waals surface area contributed by atoms with Crippen LogP contribution in [0.1, 0.15) is 38.2 Å². The Morgan fingerprint density at radius 2 is 2.00 bits per heavy atom. The summed E-state index contributed by atoms with van der Waals surface area (Å²) in [4.78, 5) is 0. The molecule has 0 radical (unpaired) electrons. The fourth-order valence-electron chi connectivity index (χ4n) is 2.49. The number of hydrogen-bond donors (Lipinski definition) is 1. The van der Waals surface area contributed by atoms with E-state index in [9.17, 15) is 13.9 Å². The predicted octanol–water partition coefficient (Wildman–Crippen LogP) is 3.45. The van der Waals surface area contributed by atoms with E-state index in [0.717, 1.165) is 31.7 Å². The maximum absolute atomic E-state index is 13.1. The zero-order valence-corrected chi connectivity index (χ0v) is 10.0. The van der Waals surface area contributed by atoms with Crippen molar-refractivity contribution in [1.29, 1.82) is 0 Å². The monoisotopic (exact) mass is 240 g/mol. The summed E-state index contributed by atoms with van der Waals surface area (Å²) in [6.07, 6.45) is 4.12. The molecule has 0 saturated heterocycles. The van der Waals surface area contributed by atoms with E-state index < -0.39 is 17.2 Å². The Kier molecular flexibility index (Phi) is 3.48. The van der Waals surface area contributed by atoms with Crippen LogP contribution in [0.5, 0.6) is 0 Å². The molecule has 1 aliphatic carbocycles. The molecule has 0 aliphatic heterocycles. The molecule has 0 bridgehead atoms. The summed E-state index contributed by atoms with van der Waals surface area (Å²) in [7, 11) is 0. The SMILES string of the molecule is CCCC(O)(Cc1ccc(F)c(F)c1)C1CC1. The van der Waals surface area contributed by atoms with Crippen LogP contribution in [0.15, 0.2) is 18.2 Å². The molecule has 1 N–H and O–H groups in total. The van der Waals surface area contributed by atoms with Gasteiger partial charge in [0, 0.05) is 6.42 Å². The molecule has 17 heavy (non-hydrogen) atoms. The van der Waals surface area contributed by atoms with Crippen LogP contribution < -0.4 is 0 Å². The summed E-state index contributed by atoms with van der Waals surface area (Å²) in [5, 5.41) is 10.5. The van der Waals surface area contributed by atoms with Crippen molar-refractivity contribution < 1.29 is 13.9 Å². The van der Waals surface area contributed by atoms with Gasteiger partial charge in [0.2, 0.25) is 0 Å². The molecule has 1 saturated carbocycles. The highest BCUT2D eigenvalue weighted by molar-refractivity contribution is 5.20. The third kappa shape index (κ3) is 2.83. The van der Waals surface area contributed by atoms with E-state index in [1.165, 1.54) is 6.07 Å². The quantitative estimate of drug-likeness (QED) is 0.835. The number of aliphatic hydroxyl groups is 1. The molecule has 1 aromatic carbocycles. The fourth-order valence-corrected chi connectivity index (χ4v) is 2.49. The van der Waals surface area contributed by atoms with Crippen molar-refractivity contribution in [2.24, 2.45) is 5.92 Å². The van der Waals surface area contributed by atoms with E-state index in [2.05, 4.69) is 0 Å². The van der Waals surface area contributed by atoms with E-state index in [-0.39, 0.29) is 0 Å². The Morgan fingerprint density at radius 1 is 1.29 bits per heavy atom. The highest BCUT2D eigenvalue weighted by Gasteiger charge is 2.42. The van der Waals surface area contributed by atoms with Gasteiger partial charge in [0.05, 0.1) is 5.60 Å². The third-order valence-corrected chi connectivity index (χ3v) is 3.51. The molecule has 1 fully saturated rings. The van der Waals surface area contributed by atoms with Gasteiger partial charge in [-0.2, -0.15) is 0 Å². The molecule has 1 aromatic rings. The van der Waals surface area contributed by atoms with Crippen molar-refractivity contribution >= 4 is 0 Å². The summed E-state index contributed by atoms with van der Waals surface area (Å²) in [6, 6.07) is 3.88. The van der Waals surface area contributed by atoms with Crippen LogP contribution in [-0.2, 0) is 6.42 Å². The second kappa shape index (κ2) is 4.73. The molecule has 1 unspecified atom stereocenters. The molecule has 1 atom stereocenters. The van der Waals surface area contributed by atoms with E-state index in [1.54, 1.807) is 6.07 Å². The van der Waals surface area contributed by atoms with Gasteiger partial charge in [-0.25, -0.2) is 8.78 Å². The normalized spacial score (nSPS) is 19.1. The maximum atomic E-state index is 13.1. The average Bonchev–Trinajstić information content (AvgIpc) is 3.07. The molecule has 0 amide bonds. The number of hydrogen-bond acceptors (Lipinski definition) is 1. The minimum atomic E-state index is -0.836. The number of rotatable bonds is 5. The van der Waals surface area contributed by atoms with E-state index in [4.69, 9.17) is 0 Å². The van der Waals surface area contributed by atoms with Gasteiger partial charge in [-0.3, -0.25) is 0 Å². The summed E-state index contributed by atoms with van der Waals surface area (Å²) < 4.78 is 25.9. The Balaban J connectivity index is 2.14. The molecule has 1 aliphatic rings. The van der Waals surface area contributed by atoms with Gasteiger partial charge < -0.3 is 5.11 Å². The Labute approximate surface area is 100 Å². The lowest BCUT2D eigenvalue weighted by molar-refractivity contribution is 0.00848. The minimum Gasteiger partial charge on any atom is -0.389 e. The Morgan fingerprint density at radius 3 is 2.53 bits per heavy atom. The summed E-state index contributed by atoms with van der Waals surface area (Å²) in [5.74, 6) is -1.34. The van der Waals surface area contributed by atoms with Crippen LogP contribution in [0.25, 0.3) is 0 Å². The second-order valence-electron chi connectivity index (χ2n) is 5.05. The maximum Gasteiger partial charge on any atom is 0.159 e. The van der Waals surface area contributed by atoms with Crippen LogP contribution in [0.4, 0.5) is 8.78 Å². The first-order valence-electron chi connectivity index (χ1n) is 6.21. The number of halogens is 2. The summed E-state index contributed by atoms with van der Waals surface area (Å²) in [5.41, 5.74) is -0.0642. The van der Waals surface area contributed by atoms with E-state index in [0.29, 0.717) is 17.9 Å². The largest absolute Gasteiger partial charge is 0.389 e. The van der Waals surface area contributed by atoms with Crippen molar-refractivity contribution in [3.8, 4) is 0 Å². The van der Waals surface area contributed by atoms with E-state index >= 15 is 0 Å². The Bertz CT molecular complexity index is 401. The van der Waals surface area contributed by atoms with Crippen LogP contribution in [0.3, 0.4) is 0 Å². The molecule has 0 heterocycles. The molecular formula is C14H18F2O. The molecule has 3 heteroatoms. The minimum absolute atomic E-state index is 0.329. The van der Waals surface area contributed by atoms with Crippen LogP contribution in [0.2, 0.25) is 0 Å². The lowest BCUT2D eigenvalue weighted by Crippen LogP contribution is -2.34. The molecule has 0 aromatic heterocycles. The first-order chi connectivity index (χ1) is 8.05. The van der Waals surface area contributed by atoms with Crippen molar-refractivity contribution in [2.45, 2.75) is 44.6 Å². The summed E-state index contributed by atoms with van der Waals surface area (Å²) in [6.45, 7) is 2.03. The van der Waals surface area contributed by atoms with Crippen molar-refractivity contribution in [2.75, 3.05) is 0 Å². The van der Waals surface area contributed by atoms with Gasteiger partial charge in [-0.1, -0.05) is 19.4 Å². The fraction of sp³-hybridized carbons (Fsp3) is 0.571. The molecule has 1 nitrogen and oxygen atoms in total.